The summed E-state index contributed by atoms with van der Waals surface area (Å²) in [6.45, 7) is 2.96. The van der Waals surface area contributed by atoms with Crippen LogP contribution in [0, 0.1) is 6.92 Å². The Morgan fingerprint density at radius 2 is 2.00 bits per heavy atom. The lowest BCUT2D eigenvalue weighted by Gasteiger charge is -2.12. The Hall–Kier alpha value is -1.58. The molecule has 0 fully saturated rings. The van der Waals surface area contributed by atoms with Crippen LogP contribution in [0.25, 0.3) is 11.6 Å². The first-order chi connectivity index (χ1) is 8.34. The zero-order valence-electron chi connectivity index (χ0n) is 10.1. The second-order valence-corrected chi connectivity index (χ2v) is 4.67. The Labute approximate surface area is 101 Å². The molecule has 3 heterocycles. The Balaban J connectivity index is 2.00. The average Bonchev–Trinajstić information content (AvgIpc) is 2.85. The molecule has 2 aromatic rings. The molecule has 0 saturated carbocycles. The third-order valence-electron chi connectivity index (χ3n) is 3.32. The number of aryl methyl sites for hydroxylation is 2. The fourth-order valence-corrected chi connectivity index (χ4v) is 2.40. The van der Waals surface area contributed by atoms with E-state index >= 15 is 0 Å². The van der Waals surface area contributed by atoms with Gasteiger partial charge in [-0.05, 0) is 31.9 Å². The highest BCUT2D eigenvalue weighted by atomic mass is 16.3. The van der Waals surface area contributed by atoms with Gasteiger partial charge in [-0.1, -0.05) is 12.8 Å². The molecule has 3 rings (SSSR count). The van der Waals surface area contributed by atoms with Crippen LogP contribution in [-0.2, 0) is 13.0 Å². The molecule has 0 spiro atoms. The van der Waals surface area contributed by atoms with Crippen molar-refractivity contribution in [2.24, 2.45) is 0 Å². The van der Waals surface area contributed by atoms with E-state index in [0.29, 0.717) is 0 Å². The second kappa shape index (κ2) is 4.35. The third-order valence-corrected chi connectivity index (χ3v) is 3.32. The Kier molecular flexibility index (Phi) is 2.71. The minimum Gasteiger partial charge on any atom is -0.458 e. The average molecular weight is 231 g/mol. The van der Waals surface area contributed by atoms with Gasteiger partial charge in [0.2, 0.25) is 0 Å². The van der Waals surface area contributed by atoms with Crippen LogP contribution in [-0.4, -0.2) is 14.8 Å². The van der Waals surface area contributed by atoms with Crippen LogP contribution in [0.2, 0.25) is 0 Å². The van der Waals surface area contributed by atoms with Gasteiger partial charge < -0.3 is 8.98 Å². The normalized spacial score (nSPS) is 16.3. The first kappa shape index (κ1) is 10.6. The predicted octanol–water partition coefficient (Wildman–Crippen LogP) is 2.96. The molecule has 0 aliphatic carbocycles. The van der Waals surface area contributed by atoms with Crippen LogP contribution >= 0.6 is 0 Å². The van der Waals surface area contributed by atoms with Gasteiger partial charge >= 0.3 is 0 Å². The smallest absolute Gasteiger partial charge is 0.199 e. The SMILES string of the molecule is Cc1ccc(-c2nnc3n2CCCCCC3)o1. The summed E-state index contributed by atoms with van der Waals surface area (Å²) in [6, 6.07) is 3.95. The third kappa shape index (κ3) is 1.99. The van der Waals surface area contributed by atoms with Crippen LogP contribution in [0.1, 0.15) is 37.3 Å². The van der Waals surface area contributed by atoms with Crippen molar-refractivity contribution in [2.75, 3.05) is 0 Å². The summed E-state index contributed by atoms with van der Waals surface area (Å²) in [5, 5.41) is 8.58. The summed E-state index contributed by atoms with van der Waals surface area (Å²) < 4.78 is 7.86. The van der Waals surface area contributed by atoms with Gasteiger partial charge in [0.25, 0.3) is 0 Å². The molecule has 0 radical (unpaired) electrons. The predicted molar refractivity (Wildman–Crippen MR) is 64.6 cm³/mol. The van der Waals surface area contributed by atoms with Gasteiger partial charge in [0, 0.05) is 13.0 Å². The van der Waals surface area contributed by atoms with Crippen molar-refractivity contribution in [1.29, 1.82) is 0 Å². The topological polar surface area (TPSA) is 43.9 Å². The molecule has 4 nitrogen and oxygen atoms in total. The minimum atomic E-state index is 0.835. The monoisotopic (exact) mass is 231 g/mol. The van der Waals surface area contributed by atoms with Crippen molar-refractivity contribution in [1.82, 2.24) is 14.8 Å². The number of fused-ring (bicyclic) bond motifs is 1. The molecule has 0 atom stereocenters. The van der Waals surface area contributed by atoms with E-state index in [1.165, 1.54) is 25.7 Å². The van der Waals surface area contributed by atoms with Crippen molar-refractivity contribution < 1.29 is 4.42 Å². The largest absolute Gasteiger partial charge is 0.458 e. The fourth-order valence-electron chi connectivity index (χ4n) is 2.40. The highest BCUT2D eigenvalue weighted by Crippen LogP contribution is 2.23. The van der Waals surface area contributed by atoms with Gasteiger partial charge in [-0.25, -0.2) is 0 Å². The Morgan fingerprint density at radius 3 is 2.82 bits per heavy atom. The van der Waals surface area contributed by atoms with Crippen molar-refractivity contribution in [2.45, 2.75) is 45.6 Å². The molecule has 0 saturated heterocycles. The molecular weight excluding hydrogens is 214 g/mol. The first-order valence-corrected chi connectivity index (χ1v) is 6.33. The zero-order valence-corrected chi connectivity index (χ0v) is 10.1. The number of aromatic nitrogens is 3. The molecule has 1 aliphatic rings. The van der Waals surface area contributed by atoms with Crippen LogP contribution in [0.15, 0.2) is 16.5 Å². The molecular formula is C13H17N3O. The summed E-state index contributed by atoms with van der Waals surface area (Å²) in [4.78, 5) is 0. The van der Waals surface area contributed by atoms with Crippen LogP contribution in [0.5, 0.6) is 0 Å². The van der Waals surface area contributed by atoms with Crippen molar-refractivity contribution >= 4 is 0 Å². The number of hydrogen-bond donors (Lipinski definition) is 0. The maximum absolute atomic E-state index is 5.64. The van der Waals surface area contributed by atoms with E-state index in [-0.39, 0.29) is 0 Å². The van der Waals surface area contributed by atoms with E-state index < -0.39 is 0 Å². The van der Waals surface area contributed by atoms with Gasteiger partial charge in [0.05, 0.1) is 0 Å². The fraction of sp³-hybridized carbons (Fsp3) is 0.538. The highest BCUT2D eigenvalue weighted by Gasteiger charge is 2.17. The van der Waals surface area contributed by atoms with E-state index in [0.717, 1.165) is 36.1 Å². The van der Waals surface area contributed by atoms with E-state index in [9.17, 15) is 0 Å². The van der Waals surface area contributed by atoms with Gasteiger partial charge in [0.15, 0.2) is 11.6 Å². The molecule has 0 bridgehead atoms. The number of nitrogens with zero attached hydrogens (tertiary/aromatic N) is 3. The van der Waals surface area contributed by atoms with Gasteiger partial charge in [-0.15, -0.1) is 10.2 Å². The van der Waals surface area contributed by atoms with Gasteiger partial charge in [-0.2, -0.15) is 0 Å². The summed E-state index contributed by atoms with van der Waals surface area (Å²) >= 11 is 0. The summed E-state index contributed by atoms with van der Waals surface area (Å²) in [7, 11) is 0. The summed E-state index contributed by atoms with van der Waals surface area (Å²) in [6.07, 6.45) is 6.07. The lowest BCUT2D eigenvalue weighted by Crippen LogP contribution is -2.08. The van der Waals surface area contributed by atoms with Gasteiger partial charge in [0.1, 0.15) is 11.6 Å². The van der Waals surface area contributed by atoms with Crippen LogP contribution in [0.3, 0.4) is 0 Å². The molecule has 4 heteroatoms. The molecule has 1 aliphatic heterocycles. The molecule has 0 N–H and O–H groups in total. The molecule has 0 aromatic carbocycles. The van der Waals surface area contributed by atoms with Crippen molar-refractivity contribution in [3.8, 4) is 11.6 Å². The molecule has 90 valence electrons. The Bertz CT molecular complexity index is 512. The minimum absolute atomic E-state index is 0.835. The van der Waals surface area contributed by atoms with Crippen LogP contribution < -0.4 is 0 Å². The Morgan fingerprint density at radius 1 is 1.12 bits per heavy atom. The zero-order chi connectivity index (χ0) is 11.7. The molecule has 2 aromatic heterocycles. The van der Waals surface area contributed by atoms with Crippen LogP contribution in [0.4, 0.5) is 0 Å². The first-order valence-electron chi connectivity index (χ1n) is 6.33. The summed E-state index contributed by atoms with van der Waals surface area (Å²) in [5.74, 6) is 3.74. The van der Waals surface area contributed by atoms with Gasteiger partial charge in [-0.3, -0.25) is 0 Å². The van der Waals surface area contributed by atoms with E-state index in [1.54, 1.807) is 0 Å². The molecule has 0 amide bonds. The lowest BCUT2D eigenvalue weighted by atomic mass is 10.1. The van der Waals surface area contributed by atoms with Crippen molar-refractivity contribution in [3.05, 3.63) is 23.7 Å². The maximum Gasteiger partial charge on any atom is 0.199 e. The van der Waals surface area contributed by atoms with Crippen molar-refractivity contribution in [3.63, 3.8) is 0 Å². The van der Waals surface area contributed by atoms with E-state index in [1.807, 2.05) is 19.1 Å². The molecule has 17 heavy (non-hydrogen) atoms. The summed E-state index contributed by atoms with van der Waals surface area (Å²) in [5.41, 5.74) is 0. The number of rotatable bonds is 1. The number of furan rings is 1. The van der Waals surface area contributed by atoms with E-state index in [4.69, 9.17) is 4.42 Å². The highest BCUT2D eigenvalue weighted by molar-refractivity contribution is 5.47. The van der Waals surface area contributed by atoms with E-state index in [2.05, 4.69) is 14.8 Å². The maximum atomic E-state index is 5.64. The quantitative estimate of drug-likeness (QED) is 0.757. The second-order valence-electron chi connectivity index (χ2n) is 4.67. The standard InChI is InChI=1S/C13H17N3O/c1-10-7-8-11(17-10)13-15-14-12-6-4-2-3-5-9-16(12)13/h7-8H,2-6,9H2,1H3. The lowest BCUT2D eigenvalue weighted by molar-refractivity contribution is 0.504. The number of hydrogen-bond acceptors (Lipinski definition) is 3. The molecule has 0 unspecified atom stereocenters.